The van der Waals surface area contributed by atoms with Gasteiger partial charge in [-0.3, -0.25) is 0 Å². The Morgan fingerprint density at radius 1 is 1.00 bits per heavy atom. The molecule has 1 rings (SSSR count). The zero-order valence-corrected chi connectivity index (χ0v) is 13.4. The second-order valence-electron chi connectivity index (χ2n) is 5.95. The summed E-state index contributed by atoms with van der Waals surface area (Å²) in [6.07, 6.45) is 23.8. The van der Waals surface area contributed by atoms with E-state index in [1.54, 1.807) is 5.57 Å². The minimum atomic E-state index is 1.04. The summed E-state index contributed by atoms with van der Waals surface area (Å²) < 4.78 is 0. The van der Waals surface area contributed by atoms with Crippen molar-refractivity contribution in [2.75, 3.05) is 6.54 Å². The molecular weight excluding hydrogens is 242 g/mol. The Labute approximate surface area is 126 Å². The molecule has 1 nitrogen and oxygen atoms in total. The standard InChI is InChI=1S/C19H33N/c1-3-5-6-7-8-9-10-11-12-13-15-19-16-14-17-20(4-2)18-19/h4,14,16-17H,2-3,5-13,15,18H2,1H3. The van der Waals surface area contributed by atoms with Crippen molar-refractivity contribution in [3.05, 3.63) is 36.7 Å². The van der Waals surface area contributed by atoms with Crippen molar-refractivity contribution in [2.24, 2.45) is 0 Å². The smallest absolute Gasteiger partial charge is 0.0432 e. The Bertz CT molecular complexity index is 301. The van der Waals surface area contributed by atoms with Crippen LogP contribution in [0.3, 0.4) is 0 Å². The summed E-state index contributed by atoms with van der Waals surface area (Å²) in [5, 5.41) is 0. The van der Waals surface area contributed by atoms with Crippen LogP contribution in [0, 0.1) is 0 Å². The van der Waals surface area contributed by atoms with E-state index in [-0.39, 0.29) is 0 Å². The molecule has 0 atom stereocenters. The first-order valence-electron chi connectivity index (χ1n) is 8.61. The lowest BCUT2D eigenvalue weighted by Gasteiger charge is -2.20. The van der Waals surface area contributed by atoms with Crippen LogP contribution in [0.4, 0.5) is 0 Å². The van der Waals surface area contributed by atoms with Gasteiger partial charge >= 0.3 is 0 Å². The predicted octanol–water partition coefficient (Wildman–Crippen LogP) is 6.20. The van der Waals surface area contributed by atoms with Gasteiger partial charge in [0.05, 0.1) is 0 Å². The monoisotopic (exact) mass is 275 g/mol. The Balaban J connectivity index is 1.89. The molecule has 114 valence electrons. The van der Waals surface area contributed by atoms with Gasteiger partial charge in [-0.05, 0) is 25.1 Å². The van der Waals surface area contributed by atoms with Crippen molar-refractivity contribution in [1.82, 2.24) is 4.90 Å². The van der Waals surface area contributed by atoms with Crippen LogP contribution in [0.1, 0.15) is 77.6 Å². The number of allylic oxidation sites excluding steroid dienone is 2. The van der Waals surface area contributed by atoms with Crippen molar-refractivity contribution in [1.29, 1.82) is 0 Å². The molecular formula is C19H33N. The minimum absolute atomic E-state index is 1.04. The quantitative estimate of drug-likeness (QED) is 0.383. The summed E-state index contributed by atoms with van der Waals surface area (Å²) in [5.74, 6) is 0. The largest absolute Gasteiger partial charge is 0.351 e. The molecule has 0 saturated carbocycles. The van der Waals surface area contributed by atoms with E-state index in [1.807, 2.05) is 6.20 Å². The van der Waals surface area contributed by atoms with E-state index in [2.05, 4.69) is 36.8 Å². The highest BCUT2D eigenvalue weighted by Crippen LogP contribution is 2.16. The molecule has 0 amide bonds. The average molecular weight is 275 g/mol. The maximum Gasteiger partial charge on any atom is 0.0432 e. The Morgan fingerprint density at radius 2 is 1.60 bits per heavy atom. The zero-order valence-electron chi connectivity index (χ0n) is 13.4. The summed E-state index contributed by atoms with van der Waals surface area (Å²) >= 11 is 0. The van der Waals surface area contributed by atoms with E-state index in [9.17, 15) is 0 Å². The maximum atomic E-state index is 3.82. The van der Waals surface area contributed by atoms with E-state index >= 15 is 0 Å². The van der Waals surface area contributed by atoms with E-state index < -0.39 is 0 Å². The highest BCUT2D eigenvalue weighted by atomic mass is 15.1. The molecule has 1 aliphatic heterocycles. The molecule has 0 unspecified atom stereocenters. The first kappa shape index (κ1) is 17.1. The fraction of sp³-hybridized carbons (Fsp3) is 0.684. The van der Waals surface area contributed by atoms with E-state index in [1.165, 1.54) is 70.6 Å². The lowest BCUT2D eigenvalue weighted by molar-refractivity contribution is 0.520. The van der Waals surface area contributed by atoms with Crippen LogP contribution in [0.25, 0.3) is 0 Å². The highest BCUT2D eigenvalue weighted by Gasteiger charge is 2.04. The normalized spacial score (nSPS) is 14.4. The van der Waals surface area contributed by atoms with Crippen LogP contribution in [0.2, 0.25) is 0 Å². The molecule has 0 bridgehead atoms. The maximum absolute atomic E-state index is 3.82. The molecule has 0 aromatic carbocycles. The number of nitrogens with zero attached hydrogens (tertiary/aromatic N) is 1. The predicted molar refractivity (Wildman–Crippen MR) is 90.6 cm³/mol. The Hall–Kier alpha value is -0.980. The van der Waals surface area contributed by atoms with Gasteiger partial charge in [-0.1, -0.05) is 82.9 Å². The van der Waals surface area contributed by atoms with Crippen molar-refractivity contribution in [2.45, 2.75) is 77.6 Å². The van der Waals surface area contributed by atoms with Crippen LogP contribution in [0.5, 0.6) is 0 Å². The van der Waals surface area contributed by atoms with Crippen molar-refractivity contribution < 1.29 is 0 Å². The first-order valence-corrected chi connectivity index (χ1v) is 8.61. The van der Waals surface area contributed by atoms with Crippen LogP contribution >= 0.6 is 0 Å². The van der Waals surface area contributed by atoms with Gasteiger partial charge in [0.15, 0.2) is 0 Å². The van der Waals surface area contributed by atoms with Gasteiger partial charge in [-0.25, -0.2) is 0 Å². The topological polar surface area (TPSA) is 3.24 Å². The number of hydrogen-bond donors (Lipinski definition) is 0. The van der Waals surface area contributed by atoms with E-state index in [4.69, 9.17) is 0 Å². The summed E-state index contributed by atoms with van der Waals surface area (Å²) in [7, 11) is 0. The number of rotatable bonds is 12. The van der Waals surface area contributed by atoms with Crippen LogP contribution in [-0.2, 0) is 0 Å². The van der Waals surface area contributed by atoms with E-state index in [0.717, 1.165) is 6.54 Å². The molecule has 0 aliphatic carbocycles. The highest BCUT2D eigenvalue weighted by molar-refractivity contribution is 5.19. The molecule has 0 aromatic heterocycles. The molecule has 1 heteroatoms. The van der Waals surface area contributed by atoms with Gasteiger partial charge in [-0.2, -0.15) is 0 Å². The van der Waals surface area contributed by atoms with E-state index in [0.29, 0.717) is 0 Å². The number of hydrogen-bond acceptors (Lipinski definition) is 1. The molecule has 0 radical (unpaired) electrons. The summed E-state index contributed by atoms with van der Waals surface area (Å²) in [5.41, 5.74) is 1.55. The third-order valence-electron chi connectivity index (χ3n) is 4.08. The van der Waals surface area contributed by atoms with Crippen molar-refractivity contribution in [3.63, 3.8) is 0 Å². The van der Waals surface area contributed by atoms with Crippen LogP contribution in [-0.4, -0.2) is 11.4 Å². The SMILES string of the molecule is C=CN1C=CC=C(CCCCCCCCCCCC)C1. The molecule has 0 spiro atoms. The summed E-state index contributed by atoms with van der Waals surface area (Å²) in [6, 6.07) is 0. The first-order chi connectivity index (χ1) is 9.86. The fourth-order valence-corrected chi connectivity index (χ4v) is 2.76. The number of unbranched alkanes of at least 4 members (excludes halogenated alkanes) is 9. The third kappa shape index (κ3) is 8.24. The van der Waals surface area contributed by atoms with Gasteiger partial charge in [0, 0.05) is 12.7 Å². The molecule has 1 aliphatic rings. The average Bonchev–Trinajstić information content (AvgIpc) is 2.49. The molecule has 0 N–H and O–H groups in total. The van der Waals surface area contributed by atoms with Gasteiger partial charge in [-0.15, -0.1) is 0 Å². The Kier molecular flexibility index (Phi) is 10.1. The third-order valence-corrected chi connectivity index (χ3v) is 4.08. The molecule has 20 heavy (non-hydrogen) atoms. The molecule has 0 fully saturated rings. The van der Waals surface area contributed by atoms with Crippen LogP contribution < -0.4 is 0 Å². The molecule has 0 aromatic rings. The van der Waals surface area contributed by atoms with Gasteiger partial charge in [0.2, 0.25) is 0 Å². The van der Waals surface area contributed by atoms with Gasteiger partial charge in [0.25, 0.3) is 0 Å². The zero-order chi connectivity index (χ0) is 14.5. The summed E-state index contributed by atoms with van der Waals surface area (Å²) in [4.78, 5) is 2.16. The Morgan fingerprint density at radius 3 is 2.20 bits per heavy atom. The molecule has 0 saturated heterocycles. The lowest BCUT2D eigenvalue weighted by Crippen LogP contribution is -2.15. The van der Waals surface area contributed by atoms with Crippen LogP contribution in [0.15, 0.2) is 36.7 Å². The second-order valence-corrected chi connectivity index (χ2v) is 5.95. The second kappa shape index (κ2) is 11.8. The lowest BCUT2D eigenvalue weighted by atomic mass is 10.0. The fourth-order valence-electron chi connectivity index (χ4n) is 2.76. The van der Waals surface area contributed by atoms with Gasteiger partial charge in [0.1, 0.15) is 0 Å². The molecule has 1 heterocycles. The van der Waals surface area contributed by atoms with Crippen molar-refractivity contribution >= 4 is 0 Å². The van der Waals surface area contributed by atoms with Gasteiger partial charge < -0.3 is 4.90 Å². The van der Waals surface area contributed by atoms with Crippen molar-refractivity contribution in [3.8, 4) is 0 Å². The minimum Gasteiger partial charge on any atom is -0.351 e. The summed E-state index contributed by atoms with van der Waals surface area (Å²) in [6.45, 7) is 7.15.